The number of hydrogen-bond donors (Lipinski definition) is 1. The van der Waals surface area contributed by atoms with Crippen molar-refractivity contribution < 1.29 is 9.90 Å². The summed E-state index contributed by atoms with van der Waals surface area (Å²) in [5, 5.41) is 15.6. The van der Waals surface area contributed by atoms with E-state index in [0.717, 1.165) is 10.6 Å². The molecule has 0 saturated heterocycles. The Morgan fingerprint density at radius 1 is 1.63 bits per heavy atom. The summed E-state index contributed by atoms with van der Waals surface area (Å²) in [4.78, 5) is 17.9. The van der Waals surface area contributed by atoms with Crippen molar-refractivity contribution in [2.24, 2.45) is 7.05 Å². The molecule has 0 aliphatic carbocycles. The van der Waals surface area contributed by atoms with E-state index in [9.17, 15) is 4.79 Å². The van der Waals surface area contributed by atoms with Gasteiger partial charge in [0.15, 0.2) is 0 Å². The molecule has 1 N–H and O–H groups in total. The summed E-state index contributed by atoms with van der Waals surface area (Å²) in [5.41, 5.74) is 1.29. The molecule has 2 heterocycles. The van der Waals surface area contributed by atoms with Gasteiger partial charge in [0.25, 0.3) is 5.91 Å². The highest BCUT2D eigenvalue weighted by molar-refractivity contribution is 7.13. The van der Waals surface area contributed by atoms with Crippen LogP contribution >= 0.6 is 11.3 Å². The zero-order chi connectivity index (χ0) is 14.0. The lowest BCUT2D eigenvalue weighted by molar-refractivity contribution is 0.0677. The number of nitrogens with zero attached hydrogens (tertiary/aromatic N) is 4. The van der Waals surface area contributed by atoms with Crippen LogP contribution in [0, 0.1) is 0 Å². The van der Waals surface area contributed by atoms with Crippen LogP contribution in [0.4, 0.5) is 0 Å². The smallest absolute Gasteiger partial charge is 0.273 e. The monoisotopic (exact) mass is 280 g/mol. The normalized spacial score (nSPS) is 12.4. The fraction of sp³-hybridized carbons (Fsp3) is 0.417. The van der Waals surface area contributed by atoms with Gasteiger partial charge in [-0.2, -0.15) is 5.10 Å². The SMILES string of the molecule is CC(CO)N(C)C(=O)c1csc(-c2cnn(C)c2)n1. The Kier molecular flexibility index (Phi) is 3.96. The van der Waals surface area contributed by atoms with Crippen LogP contribution in [0.25, 0.3) is 10.6 Å². The van der Waals surface area contributed by atoms with Crippen molar-refractivity contribution in [1.82, 2.24) is 19.7 Å². The lowest BCUT2D eigenvalue weighted by Gasteiger charge is -2.21. The molecular weight excluding hydrogens is 264 g/mol. The maximum absolute atomic E-state index is 12.1. The Balaban J connectivity index is 2.19. The topological polar surface area (TPSA) is 71.2 Å². The molecule has 7 heteroatoms. The maximum atomic E-state index is 12.1. The molecule has 0 fully saturated rings. The van der Waals surface area contributed by atoms with Gasteiger partial charge < -0.3 is 10.0 Å². The molecule has 0 aliphatic heterocycles. The highest BCUT2D eigenvalue weighted by Gasteiger charge is 2.20. The van der Waals surface area contributed by atoms with Gasteiger partial charge in [-0.3, -0.25) is 9.48 Å². The van der Waals surface area contributed by atoms with Crippen LogP contribution in [-0.2, 0) is 7.05 Å². The molecule has 1 atom stereocenters. The number of amides is 1. The van der Waals surface area contributed by atoms with E-state index in [2.05, 4.69) is 10.1 Å². The van der Waals surface area contributed by atoms with Crippen molar-refractivity contribution in [2.75, 3.05) is 13.7 Å². The van der Waals surface area contributed by atoms with Crippen molar-refractivity contribution in [2.45, 2.75) is 13.0 Å². The van der Waals surface area contributed by atoms with E-state index in [1.54, 1.807) is 30.2 Å². The number of carbonyl (C=O) groups excluding carboxylic acids is 1. The first-order valence-electron chi connectivity index (χ1n) is 5.85. The third-order valence-corrected chi connectivity index (χ3v) is 3.81. The van der Waals surface area contributed by atoms with Crippen LogP contribution in [0.15, 0.2) is 17.8 Å². The average Bonchev–Trinajstić information content (AvgIpc) is 3.04. The van der Waals surface area contributed by atoms with Gasteiger partial charge in [-0.05, 0) is 6.92 Å². The molecule has 2 aromatic heterocycles. The van der Waals surface area contributed by atoms with E-state index in [0.29, 0.717) is 5.69 Å². The van der Waals surface area contributed by atoms with E-state index in [1.807, 2.05) is 13.2 Å². The minimum atomic E-state index is -0.226. The Labute approximate surface area is 115 Å². The zero-order valence-corrected chi connectivity index (χ0v) is 11.9. The predicted octanol–water partition coefficient (Wildman–Crippen LogP) is 0.996. The standard InChI is InChI=1S/C12H16N4O2S/c1-8(6-17)16(3)12(18)10-7-19-11(14-10)9-4-13-15(2)5-9/h4-5,7-8,17H,6H2,1-3H3. The largest absolute Gasteiger partial charge is 0.394 e. The van der Waals surface area contributed by atoms with Crippen molar-refractivity contribution in [3.8, 4) is 10.6 Å². The van der Waals surface area contributed by atoms with Crippen LogP contribution in [0.3, 0.4) is 0 Å². The molecular formula is C12H16N4O2S. The molecule has 0 aliphatic rings. The Bertz CT molecular complexity index is 578. The van der Waals surface area contributed by atoms with E-state index in [1.165, 1.54) is 16.2 Å². The van der Waals surface area contributed by atoms with E-state index in [4.69, 9.17) is 5.11 Å². The van der Waals surface area contributed by atoms with Gasteiger partial charge in [0.2, 0.25) is 0 Å². The second-order valence-electron chi connectivity index (χ2n) is 4.39. The van der Waals surface area contributed by atoms with Crippen molar-refractivity contribution in [3.05, 3.63) is 23.5 Å². The average molecular weight is 280 g/mol. The molecule has 0 bridgehead atoms. The Hall–Kier alpha value is -1.73. The second kappa shape index (κ2) is 5.50. The molecule has 0 radical (unpaired) electrons. The van der Waals surface area contributed by atoms with Crippen LogP contribution in [0.1, 0.15) is 17.4 Å². The fourth-order valence-corrected chi connectivity index (χ4v) is 2.31. The molecule has 0 aromatic carbocycles. The number of aliphatic hydroxyl groups excluding tert-OH is 1. The molecule has 102 valence electrons. The summed E-state index contributed by atoms with van der Waals surface area (Å²) < 4.78 is 1.69. The van der Waals surface area contributed by atoms with E-state index >= 15 is 0 Å². The zero-order valence-electron chi connectivity index (χ0n) is 11.1. The van der Waals surface area contributed by atoms with Crippen LogP contribution in [0.5, 0.6) is 0 Å². The van der Waals surface area contributed by atoms with Gasteiger partial charge in [-0.25, -0.2) is 4.98 Å². The molecule has 2 aromatic rings. The summed E-state index contributed by atoms with van der Waals surface area (Å²) in [6, 6.07) is -0.226. The first kappa shape index (κ1) is 13.7. The van der Waals surface area contributed by atoms with Crippen LogP contribution in [-0.4, -0.2) is 50.4 Å². The minimum Gasteiger partial charge on any atom is -0.394 e. The molecule has 1 amide bonds. The van der Waals surface area contributed by atoms with Crippen molar-refractivity contribution >= 4 is 17.2 Å². The molecule has 0 saturated carbocycles. The fourth-order valence-electron chi connectivity index (χ4n) is 1.54. The van der Waals surface area contributed by atoms with E-state index in [-0.39, 0.29) is 18.6 Å². The number of aromatic nitrogens is 3. The number of aliphatic hydroxyl groups is 1. The quantitative estimate of drug-likeness (QED) is 0.907. The molecule has 2 rings (SSSR count). The maximum Gasteiger partial charge on any atom is 0.273 e. The number of thiazole rings is 1. The lowest BCUT2D eigenvalue weighted by atomic mass is 10.3. The first-order chi connectivity index (χ1) is 9.02. The second-order valence-corrected chi connectivity index (χ2v) is 5.25. The highest BCUT2D eigenvalue weighted by Crippen LogP contribution is 2.23. The predicted molar refractivity (Wildman–Crippen MR) is 73.0 cm³/mol. The van der Waals surface area contributed by atoms with Gasteiger partial charge in [-0.1, -0.05) is 0 Å². The first-order valence-corrected chi connectivity index (χ1v) is 6.73. The van der Waals surface area contributed by atoms with Gasteiger partial charge >= 0.3 is 0 Å². The van der Waals surface area contributed by atoms with Crippen molar-refractivity contribution in [3.63, 3.8) is 0 Å². The summed E-state index contributed by atoms with van der Waals surface area (Å²) in [7, 11) is 3.49. The summed E-state index contributed by atoms with van der Waals surface area (Å²) >= 11 is 1.41. The number of aryl methyl sites for hydroxylation is 1. The highest BCUT2D eigenvalue weighted by atomic mass is 32.1. The number of rotatable bonds is 4. The van der Waals surface area contributed by atoms with Gasteiger partial charge in [0, 0.05) is 31.2 Å². The molecule has 6 nitrogen and oxygen atoms in total. The number of hydrogen-bond acceptors (Lipinski definition) is 5. The number of likely N-dealkylation sites (N-methyl/N-ethyl adjacent to an activating group) is 1. The van der Waals surface area contributed by atoms with Crippen LogP contribution in [0.2, 0.25) is 0 Å². The summed E-state index contributed by atoms with van der Waals surface area (Å²) in [6.07, 6.45) is 3.57. The van der Waals surface area contributed by atoms with Crippen LogP contribution < -0.4 is 0 Å². The number of carbonyl (C=O) groups is 1. The Morgan fingerprint density at radius 3 is 2.95 bits per heavy atom. The third-order valence-electron chi connectivity index (χ3n) is 2.92. The molecule has 0 spiro atoms. The van der Waals surface area contributed by atoms with Gasteiger partial charge in [0.1, 0.15) is 10.7 Å². The summed E-state index contributed by atoms with van der Waals surface area (Å²) in [5.74, 6) is -0.187. The molecule has 19 heavy (non-hydrogen) atoms. The van der Waals surface area contributed by atoms with Crippen molar-refractivity contribution in [1.29, 1.82) is 0 Å². The summed E-state index contributed by atoms with van der Waals surface area (Å²) in [6.45, 7) is 1.72. The lowest BCUT2D eigenvalue weighted by Crippen LogP contribution is -2.37. The third kappa shape index (κ3) is 2.82. The van der Waals surface area contributed by atoms with E-state index < -0.39 is 0 Å². The minimum absolute atomic E-state index is 0.0676. The Morgan fingerprint density at radius 2 is 2.37 bits per heavy atom. The molecule has 1 unspecified atom stereocenters. The van der Waals surface area contributed by atoms with Gasteiger partial charge in [0.05, 0.1) is 18.8 Å². The van der Waals surface area contributed by atoms with Gasteiger partial charge in [-0.15, -0.1) is 11.3 Å².